The molecule has 2 aromatic carbocycles. The van der Waals surface area contributed by atoms with E-state index < -0.39 is 16.9 Å². The van der Waals surface area contributed by atoms with Crippen LogP contribution in [0.2, 0.25) is 0 Å². The van der Waals surface area contributed by atoms with Crippen LogP contribution < -0.4 is 5.73 Å². The summed E-state index contributed by atoms with van der Waals surface area (Å²) in [5.74, 6) is -1.14. The summed E-state index contributed by atoms with van der Waals surface area (Å²) in [5, 5.41) is 21.0. The Morgan fingerprint density at radius 2 is 1.96 bits per heavy atom. The Hall–Kier alpha value is -3.19. The summed E-state index contributed by atoms with van der Waals surface area (Å²) in [6.45, 7) is 1.77. The number of aromatic nitrogens is 1. The number of H-pyrrole nitrogens is 1. The van der Waals surface area contributed by atoms with E-state index in [1.807, 2.05) is 30.3 Å². The number of aryl methyl sites for hydroxylation is 1. The standard InChI is InChI=1S/C18H17N3O4/c1-10-13(9-14(19)18(22)23)16-15(21(24)25)8-7-12(17(16)20-10)11-5-3-2-4-6-11/h2-8,14,20H,9,19H2,1H3,(H,22,23). The molecule has 0 amide bonds. The lowest BCUT2D eigenvalue weighted by Gasteiger charge is -2.08. The SMILES string of the molecule is Cc1[nH]c2c(-c3ccccc3)ccc([N+](=O)[O-])c2c1CC(N)C(=O)O. The van der Waals surface area contributed by atoms with E-state index in [0.29, 0.717) is 22.2 Å². The number of nitrogens with zero attached hydrogens (tertiary/aromatic N) is 1. The fourth-order valence-corrected chi connectivity index (χ4v) is 3.05. The van der Waals surface area contributed by atoms with Crippen molar-refractivity contribution in [2.75, 3.05) is 0 Å². The molecular weight excluding hydrogens is 322 g/mol. The number of hydrogen-bond donors (Lipinski definition) is 3. The van der Waals surface area contributed by atoms with Crippen molar-refractivity contribution in [3.05, 3.63) is 63.8 Å². The van der Waals surface area contributed by atoms with Gasteiger partial charge in [-0.15, -0.1) is 0 Å². The average Bonchev–Trinajstić information content (AvgIpc) is 2.91. The van der Waals surface area contributed by atoms with Gasteiger partial charge >= 0.3 is 5.97 Å². The molecule has 1 aromatic heterocycles. The second kappa shape index (κ2) is 6.37. The van der Waals surface area contributed by atoms with Gasteiger partial charge in [0.05, 0.1) is 15.8 Å². The van der Waals surface area contributed by atoms with Gasteiger partial charge in [0.15, 0.2) is 0 Å². The molecule has 7 heteroatoms. The highest BCUT2D eigenvalue weighted by Crippen LogP contribution is 2.37. The number of aliphatic carboxylic acids is 1. The summed E-state index contributed by atoms with van der Waals surface area (Å²) in [7, 11) is 0. The minimum absolute atomic E-state index is 0.0141. The lowest BCUT2D eigenvalue weighted by molar-refractivity contribution is -0.383. The van der Waals surface area contributed by atoms with Crippen LogP contribution >= 0.6 is 0 Å². The molecule has 0 saturated carbocycles. The van der Waals surface area contributed by atoms with Crippen molar-refractivity contribution >= 4 is 22.6 Å². The van der Waals surface area contributed by atoms with Crippen molar-refractivity contribution < 1.29 is 14.8 Å². The zero-order valence-corrected chi connectivity index (χ0v) is 13.5. The number of nitro benzene ring substituents is 1. The van der Waals surface area contributed by atoms with Crippen molar-refractivity contribution in [3.8, 4) is 11.1 Å². The molecule has 0 fully saturated rings. The highest BCUT2D eigenvalue weighted by atomic mass is 16.6. The number of non-ortho nitro benzene ring substituents is 1. The van der Waals surface area contributed by atoms with Crippen molar-refractivity contribution in [2.45, 2.75) is 19.4 Å². The number of nitrogens with two attached hydrogens (primary N) is 1. The van der Waals surface area contributed by atoms with Crippen LogP contribution in [-0.4, -0.2) is 27.0 Å². The van der Waals surface area contributed by atoms with Crippen LogP contribution in [0.1, 0.15) is 11.3 Å². The van der Waals surface area contributed by atoms with Gasteiger partial charge in [-0.2, -0.15) is 0 Å². The molecule has 1 unspecified atom stereocenters. The van der Waals surface area contributed by atoms with Gasteiger partial charge < -0.3 is 15.8 Å². The second-order valence-electron chi connectivity index (χ2n) is 5.88. The number of hydrogen-bond acceptors (Lipinski definition) is 4. The summed E-state index contributed by atoms with van der Waals surface area (Å²) in [6.07, 6.45) is 0.0141. The maximum absolute atomic E-state index is 11.5. The van der Waals surface area contributed by atoms with Gasteiger partial charge in [0.2, 0.25) is 0 Å². The molecule has 7 nitrogen and oxygen atoms in total. The number of carbonyl (C=O) groups is 1. The number of carboxylic acids is 1. The second-order valence-corrected chi connectivity index (χ2v) is 5.88. The van der Waals surface area contributed by atoms with Crippen LogP contribution in [0, 0.1) is 17.0 Å². The third-order valence-corrected chi connectivity index (χ3v) is 4.27. The number of fused-ring (bicyclic) bond motifs is 1. The Balaban J connectivity index is 2.29. The van der Waals surface area contributed by atoms with E-state index >= 15 is 0 Å². The van der Waals surface area contributed by atoms with Crippen LogP contribution in [0.4, 0.5) is 5.69 Å². The van der Waals surface area contributed by atoms with Gasteiger partial charge in [0.1, 0.15) is 6.04 Å². The number of rotatable bonds is 5. The van der Waals surface area contributed by atoms with Crippen LogP contribution in [0.25, 0.3) is 22.0 Å². The highest BCUT2D eigenvalue weighted by Gasteiger charge is 2.25. The van der Waals surface area contributed by atoms with Crippen molar-refractivity contribution in [2.24, 2.45) is 5.73 Å². The van der Waals surface area contributed by atoms with Gasteiger partial charge in [0.25, 0.3) is 5.69 Å². The average molecular weight is 339 g/mol. The quantitative estimate of drug-likeness (QED) is 0.487. The third kappa shape index (κ3) is 2.97. The van der Waals surface area contributed by atoms with E-state index in [4.69, 9.17) is 10.8 Å². The molecule has 0 aliphatic heterocycles. The van der Waals surface area contributed by atoms with E-state index in [1.165, 1.54) is 6.07 Å². The molecule has 1 heterocycles. The molecule has 1 atom stereocenters. The molecule has 128 valence electrons. The first-order chi connectivity index (χ1) is 11.9. The summed E-state index contributed by atoms with van der Waals surface area (Å²) >= 11 is 0. The topological polar surface area (TPSA) is 122 Å². The minimum atomic E-state index is -1.14. The van der Waals surface area contributed by atoms with Crippen molar-refractivity contribution in [1.29, 1.82) is 0 Å². The minimum Gasteiger partial charge on any atom is -0.480 e. The van der Waals surface area contributed by atoms with E-state index in [2.05, 4.69) is 4.98 Å². The molecule has 0 bridgehead atoms. The van der Waals surface area contributed by atoms with Crippen molar-refractivity contribution in [3.63, 3.8) is 0 Å². The summed E-state index contributed by atoms with van der Waals surface area (Å²) in [4.78, 5) is 25.3. The molecular formula is C18H17N3O4. The Bertz CT molecular complexity index is 963. The maximum atomic E-state index is 11.5. The highest BCUT2D eigenvalue weighted by molar-refractivity contribution is 6.02. The molecule has 0 spiro atoms. The summed E-state index contributed by atoms with van der Waals surface area (Å²) in [6, 6.07) is 11.5. The van der Waals surface area contributed by atoms with E-state index in [-0.39, 0.29) is 12.1 Å². The Labute approximate surface area is 143 Å². The predicted octanol–water partition coefficient (Wildman–Crippen LogP) is 3.01. The van der Waals surface area contributed by atoms with E-state index in [0.717, 1.165) is 11.1 Å². The smallest absolute Gasteiger partial charge is 0.320 e. The first-order valence-electron chi connectivity index (χ1n) is 7.72. The summed E-state index contributed by atoms with van der Waals surface area (Å²) in [5.41, 5.74) is 9.19. The number of nitrogens with one attached hydrogen (secondary N) is 1. The monoisotopic (exact) mass is 339 g/mol. The van der Waals surface area contributed by atoms with Crippen molar-refractivity contribution in [1.82, 2.24) is 4.98 Å². The molecule has 0 aliphatic rings. The normalized spacial score (nSPS) is 12.2. The third-order valence-electron chi connectivity index (χ3n) is 4.27. The first kappa shape index (κ1) is 16.7. The molecule has 0 saturated heterocycles. The van der Waals surface area contributed by atoms with Gasteiger partial charge in [-0.25, -0.2) is 0 Å². The van der Waals surface area contributed by atoms with Crippen LogP contribution in [0.15, 0.2) is 42.5 Å². The Morgan fingerprint density at radius 3 is 2.56 bits per heavy atom. The molecule has 4 N–H and O–H groups in total. The Morgan fingerprint density at radius 1 is 1.28 bits per heavy atom. The number of aromatic amines is 1. The molecule has 0 aliphatic carbocycles. The van der Waals surface area contributed by atoms with Crippen LogP contribution in [0.5, 0.6) is 0 Å². The summed E-state index contributed by atoms with van der Waals surface area (Å²) < 4.78 is 0. The lowest BCUT2D eigenvalue weighted by Crippen LogP contribution is -2.32. The lowest BCUT2D eigenvalue weighted by atomic mass is 9.97. The molecule has 3 rings (SSSR count). The first-order valence-corrected chi connectivity index (χ1v) is 7.72. The van der Waals surface area contributed by atoms with Gasteiger partial charge in [-0.1, -0.05) is 30.3 Å². The van der Waals surface area contributed by atoms with E-state index in [1.54, 1.807) is 13.0 Å². The van der Waals surface area contributed by atoms with Gasteiger partial charge in [0, 0.05) is 23.7 Å². The number of benzene rings is 2. The largest absolute Gasteiger partial charge is 0.480 e. The maximum Gasteiger partial charge on any atom is 0.320 e. The van der Waals surface area contributed by atoms with Gasteiger partial charge in [-0.3, -0.25) is 14.9 Å². The van der Waals surface area contributed by atoms with Gasteiger partial charge in [-0.05, 0) is 24.1 Å². The van der Waals surface area contributed by atoms with Crippen LogP contribution in [-0.2, 0) is 11.2 Å². The number of carboxylic acid groups (broad SMARTS) is 1. The number of nitro groups is 1. The zero-order chi connectivity index (χ0) is 18.1. The van der Waals surface area contributed by atoms with Crippen LogP contribution in [0.3, 0.4) is 0 Å². The molecule has 0 radical (unpaired) electrons. The fourth-order valence-electron chi connectivity index (χ4n) is 3.05. The zero-order valence-electron chi connectivity index (χ0n) is 13.5. The predicted molar refractivity (Wildman–Crippen MR) is 94.4 cm³/mol. The Kier molecular flexibility index (Phi) is 4.24. The molecule has 25 heavy (non-hydrogen) atoms. The molecule has 3 aromatic rings. The fraction of sp³-hybridized carbons (Fsp3) is 0.167. The van der Waals surface area contributed by atoms with E-state index in [9.17, 15) is 14.9 Å².